The number of aryl methyl sites for hydroxylation is 1. The van der Waals surface area contributed by atoms with E-state index in [0.29, 0.717) is 5.76 Å². The molecular weight excluding hydrogens is 164 g/mol. The molecule has 0 amide bonds. The molecule has 0 aliphatic heterocycles. The third-order valence-corrected chi connectivity index (χ3v) is 2.13. The number of rotatable bonds is 2. The van der Waals surface area contributed by atoms with Crippen LogP contribution in [-0.4, -0.2) is 6.29 Å². The molecule has 1 aromatic carbocycles. The van der Waals surface area contributed by atoms with E-state index in [1.54, 1.807) is 6.07 Å². The summed E-state index contributed by atoms with van der Waals surface area (Å²) in [6.45, 7) is 2.09. The van der Waals surface area contributed by atoms with Gasteiger partial charge >= 0.3 is 0 Å². The first-order chi connectivity index (χ1) is 6.33. The second-order valence-electron chi connectivity index (χ2n) is 2.99. The Morgan fingerprint density at radius 3 is 2.92 bits per heavy atom. The van der Waals surface area contributed by atoms with Crippen LogP contribution in [0.5, 0.6) is 0 Å². The molecule has 0 N–H and O–H groups in total. The Labute approximate surface area is 76.2 Å². The Hall–Kier alpha value is -1.57. The van der Waals surface area contributed by atoms with Gasteiger partial charge in [0.25, 0.3) is 0 Å². The Balaban J connectivity index is 2.63. The number of furan rings is 1. The van der Waals surface area contributed by atoms with Crippen molar-refractivity contribution in [2.45, 2.75) is 13.3 Å². The van der Waals surface area contributed by atoms with Gasteiger partial charge in [-0.1, -0.05) is 19.1 Å². The van der Waals surface area contributed by atoms with Gasteiger partial charge in [-0.25, -0.2) is 0 Å². The first-order valence-corrected chi connectivity index (χ1v) is 4.31. The van der Waals surface area contributed by atoms with Crippen molar-refractivity contribution in [2.24, 2.45) is 0 Å². The minimum absolute atomic E-state index is 0.392. The minimum Gasteiger partial charge on any atom is -0.453 e. The smallest absolute Gasteiger partial charge is 0.185 e. The van der Waals surface area contributed by atoms with Crippen LogP contribution in [0.1, 0.15) is 23.0 Å². The Bertz CT molecular complexity index is 440. The van der Waals surface area contributed by atoms with Gasteiger partial charge in [-0.2, -0.15) is 0 Å². The van der Waals surface area contributed by atoms with Gasteiger partial charge in [-0.3, -0.25) is 4.79 Å². The average molecular weight is 174 g/mol. The molecule has 0 spiro atoms. The summed E-state index contributed by atoms with van der Waals surface area (Å²) >= 11 is 0. The van der Waals surface area contributed by atoms with Crippen molar-refractivity contribution in [1.82, 2.24) is 0 Å². The van der Waals surface area contributed by atoms with Crippen LogP contribution in [0.4, 0.5) is 0 Å². The van der Waals surface area contributed by atoms with E-state index in [-0.39, 0.29) is 0 Å². The van der Waals surface area contributed by atoms with Gasteiger partial charge in [0, 0.05) is 5.39 Å². The monoisotopic (exact) mass is 174 g/mol. The van der Waals surface area contributed by atoms with Crippen LogP contribution in [0.25, 0.3) is 11.0 Å². The highest BCUT2D eigenvalue weighted by Crippen LogP contribution is 2.19. The third kappa shape index (κ3) is 1.35. The molecule has 0 atom stereocenters. The highest BCUT2D eigenvalue weighted by Gasteiger charge is 2.02. The van der Waals surface area contributed by atoms with Crippen molar-refractivity contribution in [3.8, 4) is 0 Å². The zero-order chi connectivity index (χ0) is 9.26. The molecule has 0 aliphatic rings. The summed E-state index contributed by atoms with van der Waals surface area (Å²) < 4.78 is 5.29. The molecule has 66 valence electrons. The first-order valence-electron chi connectivity index (χ1n) is 4.31. The maximum Gasteiger partial charge on any atom is 0.185 e. The highest BCUT2D eigenvalue weighted by atomic mass is 16.3. The molecule has 0 fully saturated rings. The Morgan fingerprint density at radius 1 is 1.38 bits per heavy atom. The van der Waals surface area contributed by atoms with Crippen LogP contribution in [0.2, 0.25) is 0 Å². The van der Waals surface area contributed by atoms with E-state index in [1.807, 2.05) is 18.2 Å². The number of benzene rings is 1. The summed E-state index contributed by atoms with van der Waals surface area (Å²) in [6, 6.07) is 7.75. The lowest BCUT2D eigenvalue weighted by Gasteiger charge is -1.93. The van der Waals surface area contributed by atoms with Crippen LogP contribution < -0.4 is 0 Å². The van der Waals surface area contributed by atoms with Gasteiger partial charge in [-0.15, -0.1) is 0 Å². The summed E-state index contributed by atoms with van der Waals surface area (Å²) in [7, 11) is 0. The van der Waals surface area contributed by atoms with Crippen molar-refractivity contribution in [1.29, 1.82) is 0 Å². The normalized spacial score (nSPS) is 10.5. The summed E-state index contributed by atoms with van der Waals surface area (Å²) in [4.78, 5) is 10.4. The van der Waals surface area contributed by atoms with Crippen LogP contribution in [-0.2, 0) is 6.42 Å². The lowest BCUT2D eigenvalue weighted by molar-refractivity contribution is 0.110. The molecule has 0 saturated heterocycles. The van der Waals surface area contributed by atoms with Crippen LogP contribution in [0.15, 0.2) is 28.7 Å². The summed E-state index contributed by atoms with van der Waals surface area (Å²) in [6.07, 6.45) is 1.71. The fourth-order valence-corrected chi connectivity index (χ4v) is 1.37. The molecule has 0 saturated carbocycles. The van der Waals surface area contributed by atoms with E-state index in [9.17, 15) is 4.79 Å². The molecule has 13 heavy (non-hydrogen) atoms. The molecule has 1 aromatic heterocycles. The fraction of sp³-hybridized carbons (Fsp3) is 0.182. The largest absolute Gasteiger partial charge is 0.453 e. The quantitative estimate of drug-likeness (QED) is 0.655. The van der Waals surface area contributed by atoms with Crippen molar-refractivity contribution in [3.05, 3.63) is 35.6 Å². The van der Waals surface area contributed by atoms with Gasteiger partial charge in [0.15, 0.2) is 12.0 Å². The van der Waals surface area contributed by atoms with Gasteiger partial charge in [0.05, 0.1) is 0 Å². The lowest BCUT2D eigenvalue weighted by Crippen LogP contribution is -1.76. The summed E-state index contributed by atoms with van der Waals surface area (Å²) in [5.74, 6) is 0.392. The number of carbonyl (C=O) groups is 1. The van der Waals surface area contributed by atoms with E-state index < -0.39 is 0 Å². The van der Waals surface area contributed by atoms with Crippen molar-refractivity contribution < 1.29 is 9.21 Å². The maximum absolute atomic E-state index is 10.4. The van der Waals surface area contributed by atoms with Crippen molar-refractivity contribution in [3.63, 3.8) is 0 Å². The third-order valence-electron chi connectivity index (χ3n) is 2.13. The zero-order valence-electron chi connectivity index (χ0n) is 7.41. The predicted octanol–water partition coefficient (Wildman–Crippen LogP) is 2.81. The molecule has 2 nitrogen and oxygen atoms in total. The van der Waals surface area contributed by atoms with Crippen LogP contribution in [0.3, 0.4) is 0 Å². The van der Waals surface area contributed by atoms with E-state index >= 15 is 0 Å². The van der Waals surface area contributed by atoms with Gasteiger partial charge in [0.2, 0.25) is 0 Å². The first kappa shape index (κ1) is 8.05. The number of aldehydes is 1. The Morgan fingerprint density at radius 2 is 2.23 bits per heavy atom. The molecule has 2 heteroatoms. The number of hydrogen-bond acceptors (Lipinski definition) is 2. The number of carbonyl (C=O) groups excluding carboxylic acids is 1. The predicted molar refractivity (Wildman–Crippen MR) is 51.0 cm³/mol. The summed E-state index contributed by atoms with van der Waals surface area (Å²) in [5.41, 5.74) is 2.01. The second kappa shape index (κ2) is 3.05. The average Bonchev–Trinajstić information content (AvgIpc) is 2.58. The number of fused-ring (bicyclic) bond motifs is 1. The van der Waals surface area contributed by atoms with Gasteiger partial charge in [0.1, 0.15) is 5.58 Å². The molecule has 2 rings (SSSR count). The zero-order valence-corrected chi connectivity index (χ0v) is 7.41. The van der Waals surface area contributed by atoms with E-state index in [2.05, 4.69) is 6.92 Å². The molecule has 0 aliphatic carbocycles. The van der Waals surface area contributed by atoms with Crippen molar-refractivity contribution >= 4 is 17.3 Å². The maximum atomic E-state index is 10.4. The molecule has 0 unspecified atom stereocenters. The highest BCUT2D eigenvalue weighted by molar-refractivity contribution is 5.85. The van der Waals surface area contributed by atoms with E-state index in [4.69, 9.17) is 4.42 Å². The SMILES string of the molecule is CCc1ccc2cc(C=O)oc2c1. The van der Waals surface area contributed by atoms with Gasteiger partial charge < -0.3 is 4.42 Å². The van der Waals surface area contributed by atoms with Crippen LogP contribution >= 0.6 is 0 Å². The Kier molecular flexibility index (Phi) is 1.89. The standard InChI is InChI=1S/C11H10O2/c1-2-8-3-4-9-6-10(7-12)13-11(9)5-8/h3-7H,2H2,1H3. The van der Waals surface area contributed by atoms with E-state index in [1.165, 1.54) is 5.56 Å². The van der Waals surface area contributed by atoms with Crippen molar-refractivity contribution in [2.75, 3.05) is 0 Å². The topological polar surface area (TPSA) is 30.2 Å². The summed E-state index contributed by atoms with van der Waals surface area (Å²) in [5, 5.41) is 0.985. The fourth-order valence-electron chi connectivity index (χ4n) is 1.37. The molecule has 2 aromatic rings. The number of hydrogen-bond donors (Lipinski definition) is 0. The minimum atomic E-state index is 0.392. The molecule has 0 radical (unpaired) electrons. The molecule has 0 bridgehead atoms. The van der Waals surface area contributed by atoms with Gasteiger partial charge in [-0.05, 0) is 24.1 Å². The lowest BCUT2D eigenvalue weighted by atomic mass is 10.1. The molecule has 1 heterocycles. The van der Waals surface area contributed by atoms with E-state index in [0.717, 1.165) is 23.7 Å². The van der Waals surface area contributed by atoms with Crippen LogP contribution in [0, 0.1) is 0 Å². The molecular formula is C11H10O2. The second-order valence-corrected chi connectivity index (χ2v) is 2.99.